The molecule has 154 valence electrons. The Morgan fingerprint density at radius 2 is 1.79 bits per heavy atom. The summed E-state index contributed by atoms with van der Waals surface area (Å²) in [5, 5.41) is 5.67. The van der Waals surface area contributed by atoms with Crippen LogP contribution in [0.15, 0.2) is 48.5 Å². The highest BCUT2D eigenvalue weighted by molar-refractivity contribution is 5.90. The molecular formula is C22H26N2O5. The number of para-hydroxylation sites is 2. The van der Waals surface area contributed by atoms with E-state index in [0.29, 0.717) is 18.0 Å². The van der Waals surface area contributed by atoms with E-state index in [-0.39, 0.29) is 24.3 Å². The quantitative estimate of drug-likeness (QED) is 0.747. The van der Waals surface area contributed by atoms with Gasteiger partial charge >= 0.3 is 0 Å². The van der Waals surface area contributed by atoms with E-state index in [1.807, 2.05) is 50.2 Å². The Balaban J connectivity index is 1.57. The van der Waals surface area contributed by atoms with Crippen LogP contribution in [0.1, 0.15) is 19.4 Å². The van der Waals surface area contributed by atoms with Crippen LogP contribution >= 0.6 is 0 Å². The number of hydrogen-bond acceptors (Lipinski definition) is 5. The summed E-state index contributed by atoms with van der Waals surface area (Å²) in [7, 11) is 1.60. The van der Waals surface area contributed by atoms with Gasteiger partial charge in [0.15, 0.2) is 11.5 Å². The molecule has 2 atom stereocenters. The fourth-order valence-corrected chi connectivity index (χ4v) is 2.97. The minimum atomic E-state index is -0.805. The monoisotopic (exact) mass is 398 g/mol. The van der Waals surface area contributed by atoms with Gasteiger partial charge in [-0.3, -0.25) is 9.59 Å². The van der Waals surface area contributed by atoms with Crippen LogP contribution in [0.2, 0.25) is 0 Å². The molecular weight excluding hydrogens is 372 g/mol. The minimum absolute atomic E-state index is 0.0911. The first-order chi connectivity index (χ1) is 14.0. The first kappa shape index (κ1) is 20.5. The highest BCUT2D eigenvalue weighted by Gasteiger charge is 2.31. The maximum absolute atomic E-state index is 12.7. The van der Waals surface area contributed by atoms with E-state index >= 15 is 0 Å². The van der Waals surface area contributed by atoms with Gasteiger partial charge < -0.3 is 24.8 Å². The Labute approximate surface area is 170 Å². The van der Waals surface area contributed by atoms with Gasteiger partial charge in [0.05, 0.1) is 7.11 Å². The molecule has 0 saturated carbocycles. The van der Waals surface area contributed by atoms with E-state index in [0.717, 1.165) is 11.3 Å². The fraction of sp³-hybridized carbons (Fsp3) is 0.364. The number of fused-ring (bicyclic) bond motifs is 1. The molecule has 7 heteroatoms. The third-order valence-electron chi connectivity index (χ3n) is 4.67. The molecule has 1 heterocycles. The van der Waals surface area contributed by atoms with E-state index in [1.165, 1.54) is 0 Å². The molecule has 3 rings (SSSR count). The maximum atomic E-state index is 12.7. The van der Waals surface area contributed by atoms with Crippen LogP contribution in [-0.4, -0.2) is 37.7 Å². The standard InChI is InChI=1S/C22H26N2O5/c1-14(2)20(22(26)23-12-15-8-10-16(27-3)11-9-15)24-21(25)19-13-28-17-6-4-5-7-18(17)29-19/h4-11,14,19-20H,12-13H2,1-3H3,(H,23,26)(H,24,25). The number of ether oxygens (including phenoxy) is 3. The highest BCUT2D eigenvalue weighted by Crippen LogP contribution is 2.30. The summed E-state index contributed by atoms with van der Waals surface area (Å²) >= 11 is 0. The van der Waals surface area contributed by atoms with Crippen molar-refractivity contribution < 1.29 is 23.8 Å². The van der Waals surface area contributed by atoms with Crippen LogP contribution in [0.25, 0.3) is 0 Å². The average Bonchev–Trinajstić information content (AvgIpc) is 2.75. The number of carbonyl (C=O) groups is 2. The largest absolute Gasteiger partial charge is 0.497 e. The van der Waals surface area contributed by atoms with E-state index < -0.39 is 12.1 Å². The molecule has 1 aliphatic rings. The Morgan fingerprint density at radius 3 is 2.45 bits per heavy atom. The van der Waals surface area contributed by atoms with Crippen LogP contribution in [0, 0.1) is 5.92 Å². The molecule has 2 aromatic rings. The second kappa shape index (κ2) is 9.32. The van der Waals surface area contributed by atoms with Crippen molar-refractivity contribution >= 4 is 11.8 Å². The molecule has 2 N–H and O–H groups in total. The lowest BCUT2D eigenvalue weighted by atomic mass is 10.0. The van der Waals surface area contributed by atoms with Gasteiger partial charge in [0.1, 0.15) is 18.4 Å². The van der Waals surface area contributed by atoms with E-state index in [1.54, 1.807) is 19.2 Å². The van der Waals surface area contributed by atoms with Crippen molar-refractivity contribution in [1.82, 2.24) is 10.6 Å². The van der Waals surface area contributed by atoms with Crippen molar-refractivity contribution in [2.75, 3.05) is 13.7 Å². The molecule has 29 heavy (non-hydrogen) atoms. The van der Waals surface area contributed by atoms with E-state index in [9.17, 15) is 9.59 Å². The Bertz CT molecular complexity index is 851. The van der Waals surface area contributed by atoms with Crippen molar-refractivity contribution in [3.05, 3.63) is 54.1 Å². The second-order valence-corrected chi connectivity index (χ2v) is 7.16. The zero-order valence-electron chi connectivity index (χ0n) is 16.8. The summed E-state index contributed by atoms with van der Waals surface area (Å²) in [5.41, 5.74) is 0.939. The van der Waals surface area contributed by atoms with Gasteiger partial charge in [0, 0.05) is 6.54 Å². The third-order valence-corrected chi connectivity index (χ3v) is 4.67. The molecule has 0 aromatic heterocycles. The molecule has 0 spiro atoms. The zero-order chi connectivity index (χ0) is 20.8. The third kappa shape index (κ3) is 5.19. The van der Waals surface area contributed by atoms with Crippen LogP contribution < -0.4 is 24.8 Å². The molecule has 0 bridgehead atoms. The van der Waals surface area contributed by atoms with Gasteiger partial charge in [0.2, 0.25) is 12.0 Å². The van der Waals surface area contributed by atoms with Gasteiger partial charge in [-0.15, -0.1) is 0 Å². The number of nitrogens with one attached hydrogen (secondary N) is 2. The molecule has 1 aliphatic heterocycles. The number of amides is 2. The smallest absolute Gasteiger partial charge is 0.265 e. The number of rotatable bonds is 7. The molecule has 0 aliphatic carbocycles. The first-order valence-electron chi connectivity index (χ1n) is 9.57. The molecule has 0 saturated heterocycles. The number of hydrogen-bond donors (Lipinski definition) is 2. The molecule has 0 fully saturated rings. The Morgan fingerprint density at radius 1 is 1.10 bits per heavy atom. The molecule has 2 aromatic carbocycles. The van der Waals surface area contributed by atoms with E-state index in [2.05, 4.69) is 10.6 Å². The fourth-order valence-electron chi connectivity index (χ4n) is 2.97. The summed E-state index contributed by atoms with van der Waals surface area (Å²) in [5.74, 6) is 1.16. The molecule has 2 amide bonds. The summed E-state index contributed by atoms with van der Waals surface area (Å²) in [6, 6.07) is 13.9. The van der Waals surface area contributed by atoms with Crippen LogP contribution in [0.5, 0.6) is 17.2 Å². The number of benzene rings is 2. The summed E-state index contributed by atoms with van der Waals surface area (Å²) in [4.78, 5) is 25.3. The SMILES string of the molecule is COc1ccc(CNC(=O)C(NC(=O)C2COc3ccccc3O2)C(C)C)cc1. The number of methoxy groups -OCH3 is 1. The molecule has 2 unspecified atom stereocenters. The topological polar surface area (TPSA) is 85.9 Å². The normalized spacial score (nSPS) is 16.1. The van der Waals surface area contributed by atoms with Crippen LogP contribution in [-0.2, 0) is 16.1 Å². The minimum Gasteiger partial charge on any atom is -0.497 e. The summed E-state index contributed by atoms with van der Waals surface area (Å²) < 4.78 is 16.4. The lowest BCUT2D eigenvalue weighted by Gasteiger charge is -2.28. The maximum Gasteiger partial charge on any atom is 0.265 e. The average molecular weight is 398 g/mol. The lowest BCUT2D eigenvalue weighted by molar-refractivity contribution is -0.135. The summed E-state index contributed by atoms with van der Waals surface area (Å²) in [6.45, 7) is 4.22. The molecule has 7 nitrogen and oxygen atoms in total. The van der Waals surface area contributed by atoms with Gasteiger partial charge in [-0.2, -0.15) is 0 Å². The highest BCUT2D eigenvalue weighted by atomic mass is 16.6. The van der Waals surface area contributed by atoms with Crippen molar-refractivity contribution in [2.24, 2.45) is 5.92 Å². The predicted molar refractivity (Wildman–Crippen MR) is 108 cm³/mol. The van der Waals surface area contributed by atoms with Gasteiger partial charge in [-0.05, 0) is 35.7 Å². The van der Waals surface area contributed by atoms with Crippen molar-refractivity contribution in [3.63, 3.8) is 0 Å². The van der Waals surface area contributed by atoms with Crippen molar-refractivity contribution in [3.8, 4) is 17.2 Å². The van der Waals surface area contributed by atoms with Gasteiger partial charge in [-0.1, -0.05) is 38.1 Å². The Hall–Kier alpha value is -3.22. The van der Waals surface area contributed by atoms with Crippen molar-refractivity contribution in [2.45, 2.75) is 32.5 Å². The predicted octanol–water partition coefficient (Wildman–Crippen LogP) is 2.29. The summed E-state index contributed by atoms with van der Waals surface area (Å²) in [6.07, 6.45) is -0.805. The Kier molecular flexibility index (Phi) is 6.59. The zero-order valence-corrected chi connectivity index (χ0v) is 16.8. The van der Waals surface area contributed by atoms with Crippen LogP contribution in [0.3, 0.4) is 0 Å². The first-order valence-corrected chi connectivity index (χ1v) is 9.57. The van der Waals surface area contributed by atoms with Crippen molar-refractivity contribution in [1.29, 1.82) is 0 Å². The molecule has 0 radical (unpaired) electrons. The lowest BCUT2D eigenvalue weighted by Crippen LogP contribution is -2.54. The van der Waals surface area contributed by atoms with Gasteiger partial charge in [0.25, 0.3) is 5.91 Å². The second-order valence-electron chi connectivity index (χ2n) is 7.16. The number of carbonyl (C=O) groups excluding carboxylic acids is 2. The van der Waals surface area contributed by atoms with Gasteiger partial charge in [-0.25, -0.2) is 0 Å². The van der Waals surface area contributed by atoms with E-state index in [4.69, 9.17) is 14.2 Å². The van der Waals surface area contributed by atoms with Crippen LogP contribution in [0.4, 0.5) is 0 Å².